The van der Waals surface area contributed by atoms with E-state index in [1.54, 1.807) is 34.6 Å². The predicted octanol–water partition coefficient (Wildman–Crippen LogP) is 5.02. The van der Waals surface area contributed by atoms with Crippen LogP contribution in [-0.4, -0.2) is 36.0 Å². The Morgan fingerprint density at radius 1 is 1.12 bits per heavy atom. The number of fused-ring (bicyclic) bond motifs is 1. The van der Waals surface area contributed by atoms with Gasteiger partial charge in [0.15, 0.2) is 5.76 Å². The van der Waals surface area contributed by atoms with Gasteiger partial charge in [0.05, 0.1) is 4.90 Å². The van der Waals surface area contributed by atoms with Crippen LogP contribution in [0.4, 0.5) is 4.39 Å². The Morgan fingerprint density at radius 3 is 2.66 bits per heavy atom. The molecule has 2 aromatic carbocycles. The van der Waals surface area contributed by atoms with E-state index in [1.807, 2.05) is 6.92 Å². The highest BCUT2D eigenvalue weighted by Gasteiger charge is 2.29. The standard InChI is InChI=1S/C23H22FN3O4S/c1-14-8-10-27(11-9-14)32(28,29)18-6-7-20-19(13-18)15(2)21(30-20)23-25-22(26-31-23)16-4-3-5-17(24)12-16/h3-7,12-14H,8-11H2,1-2H3. The van der Waals surface area contributed by atoms with Gasteiger partial charge in [0.1, 0.15) is 11.4 Å². The van der Waals surface area contributed by atoms with Crippen LogP contribution in [0, 0.1) is 18.7 Å². The van der Waals surface area contributed by atoms with E-state index >= 15 is 0 Å². The molecule has 7 nitrogen and oxygen atoms in total. The third-order valence-electron chi connectivity index (χ3n) is 5.99. The second-order valence-electron chi connectivity index (χ2n) is 8.23. The highest BCUT2D eigenvalue weighted by atomic mass is 32.2. The molecule has 0 unspecified atom stereocenters. The minimum Gasteiger partial charge on any atom is -0.451 e. The molecule has 0 aliphatic carbocycles. The van der Waals surface area contributed by atoms with Crippen molar-refractivity contribution in [2.24, 2.45) is 5.92 Å². The monoisotopic (exact) mass is 455 g/mol. The van der Waals surface area contributed by atoms with Crippen LogP contribution in [0.3, 0.4) is 0 Å². The molecule has 1 fully saturated rings. The minimum absolute atomic E-state index is 0.146. The van der Waals surface area contributed by atoms with E-state index in [4.69, 9.17) is 8.94 Å². The van der Waals surface area contributed by atoms with Crippen molar-refractivity contribution in [3.8, 4) is 23.0 Å². The summed E-state index contributed by atoms with van der Waals surface area (Å²) in [6, 6.07) is 10.8. The molecule has 0 N–H and O–H groups in total. The van der Waals surface area contributed by atoms with Crippen LogP contribution in [-0.2, 0) is 10.0 Å². The van der Waals surface area contributed by atoms with Gasteiger partial charge in [0, 0.05) is 29.6 Å². The Labute approximate surface area is 184 Å². The molecule has 4 aromatic rings. The maximum absolute atomic E-state index is 13.5. The number of hydrogen-bond donors (Lipinski definition) is 0. The zero-order valence-corrected chi connectivity index (χ0v) is 18.5. The SMILES string of the molecule is Cc1c(-c2nc(-c3cccc(F)c3)no2)oc2ccc(S(=O)(=O)N3CCC(C)CC3)cc12. The van der Waals surface area contributed by atoms with Gasteiger partial charge >= 0.3 is 0 Å². The molecule has 9 heteroatoms. The summed E-state index contributed by atoms with van der Waals surface area (Å²) in [5, 5.41) is 4.59. The van der Waals surface area contributed by atoms with Crippen LogP contribution in [0.25, 0.3) is 34.0 Å². The fourth-order valence-electron chi connectivity index (χ4n) is 4.00. The summed E-state index contributed by atoms with van der Waals surface area (Å²) in [7, 11) is -3.58. The quantitative estimate of drug-likeness (QED) is 0.429. The Morgan fingerprint density at radius 2 is 1.91 bits per heavy atom. The van der Waals surface area contributed by atoms with Gasteiger partial charge in [0.25, 0.3) is 5.89 Å². The lowest BCUT2D eigenvalue weighted by atomic mass is 10.0. The Hall–Kier alpha value is -3.04. The summed E-state index contributed by atoms with van der Waals surface area (Å²) in [4.78, 5) is 4.57. The van der Waals surface area contributed by atoms with Crippen molar-refractivity contribution in [3.63, 3.8) is 0 Å². The molecule has 2 aromatic heterocycles. The normalized spacial score (nSPS) is 16.1. The smallest absolute Gasteiger partial charge is 0.294 e. The van der Waals surface area contributed by atoms with Gasteiger partial charge in [-0.3, -0.25) is 0 Å². The summed E-state index contributed by atoms with van der Waals surface area (Å²) in [6.45, 7) is 5.01. The Bertz CT molecular complexity index is 1400. The number of sulfonamides is 1. The molecule has 0 bridgehead atoms. The van der Waals surface area contributed by atoms with E-state index in [0.29, 0.717) is 46.9 Å². The second-order valence-corrected chi connectivity index (χ2v) is 10.2. The number of rotatable bonds is 4. The summed E-state index contributed by atoms with van der Waals surface area (Å²) < 4.78 is 52.6. The highest BCUT2D eigenvalue weighted by molar-refractivity contribution is 7.89. The van der Waals surface area contributed by atoms with Gasteiger partial charge in [-0.2, -0.15) is 9.29 Å². The van der Waals surface area contributed by atoms with Crippen molar-refractivity contribution in [2.75, 3.05) is 13.1 Å². The van der Waals surface area contributed by atoms with Crippen LogP contribution in [0.5, 0.6) is 0 Å². The molecule has 166 valence electrons. The average molecular weight is 456 g/mol. The van der Waals surface area contributed by atoms with E-state index in [9.17, 15) is 12.8 Å². The molecule has 0 radical (unpaired) electrons. The fourth-order valence-corrected chi connectivity index (χ4v) is 5.50. The summed E-state index contributed by atoms with van der Waals surface area (Å²) in [5.74, 6) is 0.880. The number of hydrogen-bond acceptors (Lipinski definition) is 6. The molecule has 0 saturated carbocycles. The maximum atomic E-state index is 13.5. The molecule has 32 heavy (non-hydrogen) atoms. The first kappa shape index (κ1) is 20.8. The zero-order chi connectivity index (χ0) is 22.5. The van der Waals surface area contributed by atoms with Crippen LogP contribution < -0.4 is 0 Å². The summed E-state index contributed by atoms with van der Waals surface area (Å²) >= 11 is 0. The minimum atomic E-state index is -3.58. The van der Waals surface area contributed by atoms with Gasteiger partial charge < -0.3 is 8.94 Å². The molecule has 1 aliphatic rings. The van der Waals surface area contributed by atoms with E-state index < -0.39 is 15.8 Å². The molecule has 5 rings (SSSR count). The number of halogens is 1. The van der Waals surface area contributed by atoms with Crippen LogP contribution in [0.15, 0.2) is 56.3 Å². The molecule has 1 saturated heterocycles. The van der Waals surface area contributed by atoms with Crippen molar-refractivity contribution in [3.05, 3.63) is 53.8 Å². The molecule has 0 atom stereocenters. The first-order valence-corrected chi connectivity index (χ1v) is 11.9. The first-order valence-electron chi connectivity index (χ1n) is 10.5. The highest BCUT2D eigenvalue weighted by Crippen LogP contribution is 2.35. The van der Waals surface area contributed by atoms with E-state index in [2.05, 4.69) is 17.1 Å². The van der Waals surface area contributed by atoms with E-state index in [1.165, 1.54) is 12.1 Å². The Balaban J connectivity index is 1.50. The molecule has 0 spiro atoms. The lowest BCUT2D eigenvalue weighted by molar-refractivity contribution is 0.288. The van der Waals surface area contributed by atoms with Gasteiger partial charge in [-0.05, 0) is 56.0 Å². The lowest BCUT2D eigenvalue weighted by Crippen LogP contribution is -2.37. The van der Waals surface area contributed by atoms with Crippen LogP contribution >= 0.6 is 0 Å². The molecule has 1 aliphatic heterocycles. The van der Waals surface area contributed by atoms with Crippen molar-refractivity contribution in [1.82, 2.24) is 14.4 Å². The maximum Gasteiger partial charge on any atom is 0.294 e. The summed E-state index contributed by atoms with van der Waals surface area (Å²) in [5.41, 5.74) is 1.70. The lowest BCUT2D eigenvalue weighted by Gasteiger charge is -2.29. The van der Waals surface area contributed by atoms with E-state index in [-0.39, 0.29) is 16.6 Å². The van der Waals surface area contributed by atoms with Gasteiger partial charge in [-0.25, -0.2) is 12.8 Å². The van der Waals surface area contributed by atoms with Crippen molar-refractivity contribution in [2.45, 2.75) is 31.6 Å². The Kier molecular flexibility index (Phi) is 5.10. The molecule has 3 heterocycles. The number of aromatic nitrogens is 2. The van der Waals surface area contributed by atoms with Crippen LogP contribution in [0.1, 0.15) is 25.3 Å². The summed E-state index contributed by atoms with van der Waals surface area (Å²) in [6.07, 6.45) is 1.72. The van der Waals surface area contributed by atoms with Crippen molar-refractivity contribution < 1.29 is 21.7 Å². The largest absolute Gasteiger partial charge is 0.451 e. The molecule has 0 amide bonds. The van der Waals surface area contributed by atoms with Crippen molar-refractivity contribution >= 4 is 21.0 Å². The number of nitrogens with zero attached hydrogens (tertiary/aromatic N) is 3. The fraction of sp³-hybridized carbons (Fsp3) is 0.304. The molecular formula is C23H22FN3O4S. The second kappa shape index (κ2) is 7.83. The third kappa shape index (κ3) is 3.61. The number of piperidine rings is 1. The predicted molar refractivity (Wildman–Crippen MR) is 117 cm³/mol. The van der Waals surface area contributed by atoms with Gasteiger partial charge in [-0.1, -0.05) is 24.2 Å². The van der Waals surface area contributed by atoms with E-state index in [0.717, 1.165) is 12.8 Å². The number of benzene rings is 2. The zero-order valence-electron chi connectivity index (χ0n) is 17.7. The average Bonchev–Trinajstić information content (AvgIpc) is 3.39. The van der Waals surface area contributed by atoms with Gasteiger partial charge in [-0.15, -0.1) is 0 Å². The number of furan rings is 1. The third-order valence-corrected chi connectivity index (χ3v) is 7.89. The molecular weight excluding hydrogens is 433 g/mol. The first-order chi connectivity index (χ1) is 15.3. The van der Waals surface area contributed by atoms with Gasteiger partial charge in [0.2, 0.25) is 15.8 Å². The van der Waals surface area contributed by atoms with Crippen LogP contribution in [0.2, 0.25) is 0 Å². The topological polar surface area (TPSA) is 89.4 Å². The number of aryl methyl sites for hydroxylation is 1. The van der Waals surface area contributed by atoms with Crippen molar-refractivity contribution in [1.29, 1.82) is 0 Å².